The van der Waals surface area contributed by atoms with E-state index in [1.165, 1.54) is 12.8 Å². The van der Waals surface area contributed by atoms with Crippen LogP contribution in [0.25, 0.3) is 0 Å². The molecule has 0 spiro atoms. The third-order valence-corrected chi connectivity index (χ3v) is 4.40. The third kappa shape index (κ3) is 1.85. The van der Waals surface area contributed by atoms with Gasteiger partial charge < -0.3 is 10.6 Å². The van der Waals surface area contributed by atoms with E-state index < -0.39 is 0 Å². The molecule has 0 aromatic carbocycles. The second kappa shape index (κ2) is 4.13. The number of carbonyl (C=O) groups is 1. The van der Waals surface area contributed by atoms with Crippen molar-refractivity contribution in [2.75, 3.05) is 0 Å². The van der Waals surface area contributed by atoms with Crippen LogP contribution in [0.3, 0.4) is 0 Å². The Kier molecular flexibility index (Phi) is 2.41. The van der Waals surface area contributed by atoms with Crippen LogP contribution in [0.4, 0.5) is 0 Å². The monoisotopic (exact) mass is 257 g/mol. The predicted molar refractivity (Wildman–Crippen MR) is 72.3 cm³/mol. The maximum absolute atomic E-state index is 12.2. The van der Waals surface area contributed by atoms with Gasteiger partial charge in [0.2, 0.25) is 12.2 Å². The Bertz CT molecular complexity index is 546. The van der Waals surface area contributed by atoms with E-state index >= 15 is 0 Å². The molecule has 0 aromatic rings. The molecule has 2 saturated heterocycles. The van der Waals surface area contributed by atoms with Gasteiger partial charge in [0.05, 0.1) is 6.21 Å². The van der Waals surface area contributed by atoms with Crippen molar-refractivity contribution in [3.05, 3.63) is 24.0 Å². The van der Waals surface area contributed by atoms with E-state index in [2.05, 4.69) is 21.7 Å². The number of nitrogens with one attached hydrogen (secondary N) is 2. The molecule has 0 radical (unpaired) electrons. The van der Waals surface area contributed by atoms with Crippen molar-refractivity contribution in [1.29, 1.82) is 0 Å². The molecule has 0 saturated carbocycles. The molecule has 0 aliphatic carbocycles. The zero-order chi connectivity index (χ0) is 12.8. The Balaban J connectivity index is 1.45. The summed E-state index contributed by atoms with van der Waals surface area (Å²) in [4.78, 5) is 16.5. The summed E-state index contributed by atoms with van der Waals surface area (Å²) < 4.78 is 2.00. The van der Waals surface area contributed by atoms with Crippen molar-refractivity contribution in [2.24, 2.45) is 4.99 Å². The van der Waals surface area contributed by atoms with E-state index in [1.54, 1.807) is 0 Å². The fraction of sp³-hybridized carbons (Fsp3) is 0.500. The minimum absolute atomic E-state index is 0.0608. The van der Waals surface area contributed by atoms with Crippen molar-refractivity contribution in [3.8, 4) is 0 Å². The van der Waals surface area contributed by atoms with E-state index in [0.29, 0.717) is 17.8 Å². The fourth-order valence-electron chi connectivity index (χ4n) is 3.39. The average molecular weight is 257 g/mol. The molecule has 2 fully saturated rings. The number of nitrogens with zero attached hydrogens (tertiary/aromatic N) is 2. The van der Waals surface area contributed by atoms with E-state index in [9.17, 15) is 4.79 Å². The SMILES string of the molecule is O=C(N[C@@H]1CC2CCC1N2)C1=C[N+]2=CC=CC2C=N1. The van der Waals surface area contributed by atoms with Gasteiger partial charge in [0.1, 0.15) is 0 Å². The van der Waals surface area contributed by atoms with Crippen LogP contribution in [0, 0.1) is 0 Å². The fourth-order valence-corrected chi connectivity index (χ4v) is 3.39. The molecule has 4 heterocycles. The molecule has 2 N–H and O–H groups in total. The average Bonchev–Trinajstić information content (AvgIpc) is 3.13. The lowest BCUT2D eigenvalue weighted by Gasteiger charge is -2.21. The lowest BCUT2D eigenvalue weighted by atomic mass is 9.95. The smallest absolute Gasteiger partial charge is 0.276 e. The minimum Gasteiger partial charge on any atom is -0.346 e. The first-order valence-corrected chi connectivity index (χ1v) is 6.91. The number of hydrogen-bond acceptors (Lipinski definition) is 3. The minimum atomic E-state index is -0.0608. The molecule has 19 heavy (non-hydrogen) atoms. The van der Waals surface area contributed by atoms with Gasteiger partial charge in [0, 0.05) is 24.2 Å². The highest BCUT2D eigenvalue weighted by atomic mass is 16.2. The summed E-state index contributed by atoms with van der Waals surface area (Å²) in [6.07, 6.45) is 13.1. The summed E-state index contributed by atoms with van der Waals surface area (Å²) in [7, 11) is 0. The Hall–Kier alpha value is -1.75. The van der Waals surface area contributed by atoms with E-state index in [0.717, 1.165) is 6.42 Å². The molecule has 4 aliphatic rings. The van der Waals surface area contributed by atoms with Crippen LogP contribution in [0.1, 0.15) is 19.3 Å². The van der Waals surface area contributed by atoms with Crippen molar-refractivity contribution in [3.63, 3.8) is 0 Å². The Morgan fingerprint density at radius 2 is 2.42 bits per heavy atom. The van der Waals surface area contributed by atoms with Crippen LogP contribution in [-0.4, -0.2) is 47.1 Å². The molecule has 5 nitrogen and oxygen atoms in total. The van der Waals surface area contributed by atoms with Crippen LogP contribution in [0.15, 0.2) is 29.0 Å². The van der Waals surface area contributed by atoms with Crippen LogP contribution >= 0.6 is 0 Å². The lowest BCUT2D eigenvalue weighted by Crippen LogP contribution is -2.43. The maximum Gasteiger partial charge on any atom is 0.276 e. The highest BCUT2D eigenvalue weighted by Crippen LogP contribution is 2.28. The number of fused-ring (bicyclic) bond motifs is 3. The molecule has 5 heteroatoms. The van der Waals surface area contributed by atoms with Crippen molar-refractivity contribution < 1.29 is 9.37 Å². The summed E-state index contributed by atoms with van der Waals surface area (Å²) in [6, 6.07) is 1.50. The highest BCUT2D eigenvalue weighted by molar-refractivity contribution is 5.95. The third-order valence-electron chi connectivity index (χ3n) is 4.40. The Labute approximate surface area is 111 Å². The molecule has 4 atom stereocenters. The first-order valence-electron chi connectivity index (χ1n) is 6.91. The number of allylic oxidation sites excluding steroid dienone is 1. The molecule has 3 unspecified atom stereocenters. The largest absolute Gasteiger partial charge is 0.346 e. The molecule has 4 aliphatic heterocycles. The van der Waals surface area contributed by atoms with Crippen LogP contribution in [0.2, 0.25) is 0 Å². The van der Waals surface area contributed by atoms with Gasteiger partial charge in [-0.2, -0.15) is 4.58 Å². The number of aliphatic imine (C=N–C) groups is 1. The van der Waals surface area contributed by atoms with Gasteiger partial charge in [-0.3, -0.25) is 4.79 Å². The van der Waals surface area contributed by atoms with Gasteiger partial charge in [0.15, 0.2) is 11.9 Å². The standard InChI is InChI=1S/C14H16N4O/c19-14(17-12-6-9-3-4-11(12)16-9)13-8-18-5-1-2-10(18)7-15-13/h1-2,5,7-12,16H,3-4,6H2/p+1/t9?,10?,11?,12-/m1/s1. The summed E-state index contributed by atoms with van der Waals surface area (Å²) in [5, 5.41) is 6.64. The second-order valence-corrected chi connectivity index (χ2v) is 5.63. The summed E-state index contributed by atoms with van der Waals surface area (Å²) in [5.74, 6) is -0.0608. The normalized spacial score (nSPS) is 38.1. The summed E-state index contributed by atoms with van der Waals surface area (Å²) >= 11 is 0. The summed E-state index contributed by atoms with van der Waals surface area (Å²) in [5.41, 5.74) is 0.499. The Morgan fingerprint density at radius 3 is 3.21 bits per heavy atom. The maximum atomic E-state index is 12.2. The quantitative estimate of drug-likeness (QED) is 0.681. The Morgan fingerprint density at radius 1 is 1.47 bits per heavy atom. The topological polar surface area (TPSA) is 56.5 Å². The molecule has 98 valence electrons. The van der Waals surface area contributed by atoms with Crippen molar-refractivity contribution in [2.45, 2.75) is 43.4 Å². The first-order chi connectivity index (χ1) is 9.29. The zero-order valence-corrected chi connectivity index (χ0v) is 10.6. The summed E-state index contributed by atoms with van der Waals surface area (Å²) in [6.45, 7) is 0. The van der Waals surface area contributed by atoms with Gasteiger partial charge in [-0.25, -0.2) is 4.99 Å². The zero-order valence-electron chi connectivity index (χ0n) is 10.6. The van der Waals surface area contributed by atoms with Gasteiger partial charge in [-0.05, 0) is 25.3 Å². The highest BCUT2D eigenvalue weighted by Gasteiger charge is 2.40. The van der Waals surface area contributed by atoms with Crippen molar-refractivity contribution >= 4 is 18.3 Å². The number of amides is 1. The van der Waals surface area contributed by atoms with E-state index in [4.69, 9.17) is 0 Å². The number of hydrogen-bond donors (Lipinski definition) is 2. The molecule has 0 aromatic heterocycles. The molecular formula is C14H17N4O+. The molecule has 2 bridgehead atoms. The lowest BCUT2D eigenvalue weighted by molar-refractivity contribution is -0.459. The van der Waals surface area contributed by atoms with Gasteiger partial charge >= 0.3 is 0 Å². The van der Waals surface area contributed by atoms with Gasteiger partial charge in [0.25, 0.3) is 5.91 Å². The van der Waals surface area contributed by atoms with Crippen LogP contribution in [0.5, 0.6) is 0 Å². The predicted octanol–water partition coefficient (Wildman–Crippen LogP) is -0.0570. The van der Waals surface area contributed by atoms with Crippen LogP contribution < -0.4 is 10.6 Å². The van der Waals surface area contributed by atoms with E-state index in [1.807, 2.05) is 29.3 Å². The molecular weight excluding hydrogens is 240 g/mol. The van der Waals surface area contributed by atoms with E-state index in [-0.39, 0.29) is 18.0 Å². The number of carbonyl (C=O) groups excluding carboxylic acids is 1. The van der Waals surface area contributed by atoms with Crippen molar-refractivity contribution in [1.82, 2.24) is 10.6 Å². The van der Waals surface area contributed by atoms with Crippen LogP contribution in [-0.2, 0) is 4.79 Å². The molecule has 1 amide bonds. The number of rotatable bonds is 2. The van der Waals surface area contributed by atoms with Gasteiger partial charge in [-0.1, -0.05) is 0 Å². The molecule has 4 rings (SSSR count). The second-order valence-electron chi connectivity index (χ2n) is 5.63. The first kappa shape index (κ1) is 11.1. The van der Waals surface area contributed by atoms with Gasteiger partial charge in [-0.15, -0.1) is 0 Å².